The van der Waals surface area contributed by atoms with Crippen LogP contribution in [0.25, 0.3) is 0 Å². The van der Waals surface area contributed by atoms with E-state index in [4.69, 9.17) is 0 Å². The molecule has 0 atom stereocenters. The molecule has 0 aliphatic carbocycles. The van der Waals surface area contributed by atoms with Gasteiger partial charge < -0.3 is 10.2 Å². The number of imide groups is 1. The van der Waals surface area contributed by atoms with Gasteiger partial charge in [-0.3, -0.25) is 19.5 Å². The Morgan fingerprint density at radius 2 is 1.80 bits per heavy atom. The van der Waals surface area contributed by atoms with E-state index in [2.05, 4.69) is 41.5 Å². The van der Waals surface area contributed by atoms with Crippen molar-refractivity contribution in [1.82, 2.24) is 15.1 Å². The Hall–Kier alpha value is -1.64. The van der Waals surface area contributed by atoms with Gasteiger partial charge in [0.15, 0.2) is 5.96 Å². The van der Waals surface area contributed by atoms with E-state index in [0.717, 1.165) is 12.5 Å². The second-order valence-electron chi connectivity index (χ2n) is 6.11. The monoisotopic (exact) mass is 458 g/mol. The molecule has 1 heterocycles. The topological polar surface area (TPSA) is 65.0 Å². The van der Waals surface area contributed by atoms with E-state index in [1.54, 1.807) is 7.05 Å². The first-order valence-electron chi connectivity index (χ1n) is 8.32. The predicted octanol–water partition coefficient (Wildman–Crippen LogP) is 2.16. The molecule has 2 rings (SSSR count). The van der Waals surface area contributed by atoms with Gasteiger partial charge in [-0.15, -0.1) is 24.0 Å². The summed E-state index contributed by atoms with van der Waals surface area (Å²) in [4.78, 5) is 31.2. The summed E-state index contributed by atoms with van der Waals surface area (Å²) in [6.07, 6.45) is 1.60. The third kappa shape index (κ3) is 6.30. The largest absolute Gasteiger partial charge is 0.354 e. The number of halogens is 1. The van der Waals surface area contributed by atoms with Gasteiger partial charge in [-0.05, 0) is 18.9 Å². The van der Waals surface area contributed by atoms with Gasteiger partial charge in [0.25, 0.3) is 0 Å². The van der Waals surface area contributed by atoms with Gasteiger partial charge >= 0.3 is 0 Å². The standard InChI is InChI=1S/C18H26N4O2.HI/c1-14-7-9-15(10-8-14)13-21(3)18(19-2)20-11-12-22-16(23)5-4-6-17(22)24;/h7-10H,4-6,11-13H2,1-3H3,(H,19,20);1H. The molecule has 0 aromatic heterocycles. The average Bonchev–Trinajstić information content (AvgIpc) is 2.56. The van der Waals surface area contributed by atoms with E-state index in [0.29, 0.717) is 32.4 Å². The summed E-state index contributed by atoms with van der Waals surface area (Å²) < 4.78 is 0. The Kier molecular flexibility index (Phi) is 8.88. The van der Waals surface area contributed by atoms with E-state index in [1.807, 2.05) is 11.9 Å². The van der Waals surface area contributed by atoms with Gasteiger partial charge in [-0.2, -0.15) is 0 Å². The van der Waals surface area contributed by atoms with E-state index in [9.17, 15) is 9.59 Å². The van der Waals surface area contributed by atoms with Crippen molar-refractivity contribution in [2.75, 3.05) is 27.2 Å². The minimum absolute atomic E-state index is 0. The molecule has 138 valence electrons. The summed E-state index contributed by atoms with van der Waals surface area (Å²) in [7, 11) is 3.69. The highest BCUT2D eigenvalue weighted by Crippen LogP contribution is 2.11. The van der Waals surface area contributed by atoms with Crippen molar-refractivity contribution < 1.29 is 9.59 Å². The number of carbonyl (C=O) groups is 2. The predicted molar refractivity (Wildman–Crippen MR) is 110 cm³/mol. The van der Waals surface area contributed by atoms with E-state index in [-0.39, 0.29) is 35.8 Å². The zero-order valence-electron chi connectivity index (χ0n) is 15.1. The number of piperidine rings is 1. The molecule has 1 aromatic rings. The molecule has 1 aliphatic heterocycles. The number of rotatable bonds is 5. The molecule has 0 radical (unpaired) electrons. The second kappa shape index (κ2) is 10.4. The van der Waals surface area contributed by atoms with Crippen LogP contribution in [0.2, 0.25) is 0 Å². The highest BCUT2D eigenvalue weighted by Gasteiger charge is 2.25. The Balaban J connectivity index is 0.00000312. The quantitative estimate of drug-likeness (QED) is 0.318. The third-order valence-corrected chi connectivity index (χ3v) is 4.12. The number of aryl methyl sites for hydroxylation is 1. The zero-order chi connectivity index (χ0) is 17.5. The van der Waals surface area contributed by atoms with Crippen LogP contribution < -0.4 is 5.32 Å². The molecular formula is C18H27IN4O2. The minimum atomic E-state index is -0.0731. The number of aliphatic imine (C=N–C) groups is 1. The maximum absolute atomic E-state index is 11.8. The van der Waals surface area contributed by atoms with Crippen LogP contribution in [0.5, 0.6) is 0 Å². The van der Waals surface area contributed by atoms with Gasteiger partial charge in [0.1, 0.15) is 0 Å². The molecule has 0 spiro atoms. The molecule has 25 heavy (non-hydrogen) atoms. The van der Waals surface area contributed by atoms with Gasteiger partial charge in [-0.25, -0.2) is 0 Å². The van der Waals surface area contributed by atoms with Crippen molar-refractivity contribution in [1.29, 1.82) is 0 Å². The average molecular weight is 458 g/mol. The molecule has 1 saturated heterocycles. The van der Waals surface area contributed by atoms with Crippen molar-refractivity contribution in [2.45, 2.75) is 32.7 Å². The molecule has 6 nitrogen and oxygen atoms in total. The number of carbonyl (C=O) groups excluding carboxylic acids is 2. The van der Waals surface area contributed by atoms with Gasteiger partial charge in [-0.1, -0.05) is 29.8 Å². The number of hydrogen-bond acceptors (Lipinski definition) is 3. The van der Waals surface area contributed by atoms with E-state index >= 15 is 0 Å². The number of benzene rings is 1. The van der Waals surface area contributed by atoms with Crippen molar-refractivity contribution in [3.05, 3.63) is 35.4 Å². The lowest BCUT2D eigenvalue weighted by Gasteiger charge is -2.26. The van der Waals surface area contributed by atoms with E-state index in [1.165, 1.54) is 16.0 Å². The molecule has 1 aromatic carbocycles. The van der Waals surface area contributed by atoms with Crippen molar-refractivity contribution >= 4 is 41.8 Å². The summed E-state index contributed by atoms with van der Waals surface area (Å²) in [5.41, 5.74) is 2.44. The first kappa shape index (κ1) is 21.4. The fraction of sp³-hybridized carbons (Fsp3) is 0.500. The van der Waals surface area contributed by atoms with Crippen LogP contribution in [0.15, 0.2) is 29.3 Å². The van der Waals surface area contributed by atoms with Crippen LogP contribution in [0, 0.1) is 6.92 Å². The van der Waals surface area contributed by atoms with Gasteiger partial charge in [0.2, 0.25) is 11.8 Å². The highest BCUT2D eigenvalue weighted by atomic mass is 127. The lowest BCUT2D eigenvalue weighted by molar-refractivity contribution is -0.147. The van der Waals surface area contributed by atoms with Crippen LogP contribution in [0.3, 0.4) is 0 Å². The fourth-order valence-electron chi connectivity index (χ4n) is 2.76. The molecule has 7 heteroatoms. The Morgan fingerprint density at radius 1 is 1.20 bits per heavy atom. The zero-order valence-corrected chi connectivity index (χ0v) is 17.4. The first-order valence-corrected chi connectivity index (χ1v) is 8.32. The molecule has 0 saturated carbocycles. The Labute approximate surface area is 166 Å². The normalized spacial score (nSPS) is 15.0. The molecule has 0 unspecified atom stereocenters. The summed E-state index contributed by atoms with van der Waals surface area (Å²) in [6.45, 7) is 3.69. The smallest absolute Gasteiger partial charge is 0.229 e. The van der Waals surface area contributed by atoms with Crippen LogP contribution >= 0.6 is 24.0 Å². The lowest BCUT2D eigenvalue weighted by Crippen LogP contribution is -2.46. The van der Waals surface area contributed by atoms with Crippen LogP contribution in [-0.2, 0) is 16.1 Å². The Bertz CT molecular complexity index is 600. The minimum Gasteiger partial charge on any atom is -0.354 e. The number of likely N-dealkylation sites (tertiary alicyclic amines) is 1. The van der Waals surface area contributed by atoms with Crippen molar-refractivity contribution in [3.8, 4) is 0 Å². The number of nitrogens with one attached hydrogen (secondary N) is 1. The molecule has 1 aliphatic rings. The molecular weight excluding hydrogens is 431 g/mol. The summed E-state index contributed by atoms with van der Waals surface area (Å²) in [5, 5.41) is 3.22. The maximum atomic E-state index is 11.8. The molecule has 0 bridgehead atoms. The van der Waals surface area contributed by atoms with Crippen LogP contribution in [0.1, 0.15) is 30.4 Å². The summed E-state index contributed by atoms with van der Waals surface area (Å²) >= 11 is 0. The van der Waals surface area contributed by atoms with Crippen LogP contribution in [-0.4, -0.2) is 54.8 Å². The molecule has 1 fully saturated rings. The van der Waals surface area contributed by atoms with Crippen molar-refractivity contribution in [2.24, 2.45) is 4.99 Å². The second-order valence-corrected chi connectivity index (χ2v) is 6.11. The van der Waals surface area contributed by atoms with Crippen LogP contribution in [0.4, 0.5) is 0 Å². The van der Waals surface area contributed by atoms with Gasteiger partial charge in [0.05, 0.1) is 0 Å². The highest BCUT2D eigenvalue weighted by molar-refractivity contribution is 14.0. The number of amides is 2. The first-order chi connectivity index (χ1) is 11.5. The molecule has 1 N–H and O–H groups in total. The number of guanidine groups is 1. The third-order valence-electron chi connectivity index (χ3n) is 4.12. The van der Waals surface area contributed by atoms with E-state index < -0.39 is 0 Å². The molecule has 2 amide bonds. The van der Waals surface area contributed by atoms with Gasteiger partial charge in [0, 0.05) is 46.6 Å². The number of nitrogens with zero attached hydrogens (tertiary/aromatic N) is 3. The SMILES string of the molecule is CN=C(NCCN1C(=O)CCCC1=O)N(C)Cc1ccc(C)cc1.I. The summed E-state index contributed by atoms with van der Waals surface area (Å²) in [6, 6.07) is 8.38. The Morgan fingerprint density at radius 3 is 2.36 bits per heavy atom. The summed E-state index contributed by atoms with van der Waals surface area (Å²) in [5.74, 6) is 0.597. The maximum Gasteiger partial charge on any atom is 0.229 e. The lowest BCUT2D eigenvalue weighted by atomic mass is 10.1. The number of hydrogen-bond donors (Lipinski definition) is 1. The fourth-order valence-corrected chi connectivity index (χ4v) is 2.76. The van der Waals surface area contributed by atoms with Crippen molar-refractivity contribution in [3.63, 3.8) is 0 Å².